The predicted molar refractivity (Wildman–Crippen MR) is 121 cm³/mol. The first kappa shape index (κ1) is 21.4. The summed E-state index contributed by atoms with van der Waals surface area (Å²) in [5.74, 6) is 1.52. The van der Waals surface area contributed by atoms with E-state index in [0.717, 1.165) is 16.4 Å². The fourth-order valence-electron chi connectivity index (χ4n) is 2.53. The van der Waals surface area contributed by atoms with Crippen molar-refractivity contribution in [2.45, 2.75) is 24.0 Å². The highest BCUT2D eigenvalue weighted by atomic mass is 35.5. The molecular formula is C21H17ClN4O3S2. The summed E-state index contributed by atoms with van der Waals surface area (Å²) in [5, 5.41) is 14.6. The summed E-state index contributed by atoms with van der Waals surface area (Å²) in [7, 11) is 0. The average Bonchev–Trinajstić information content (AvgIpc) is 3.42. The number of hydrogen-bond acceptors (Lipinski definition) is 8. The Hall–Kier alpha value is -2.88. The number of thioether (sulfide) groups is 1. The highest BCUT2D eigenvalue weighted by Gasteiger charge is 2.11. The van der Waals surface area contributed by atoms with Crippen LogP contribution in [0.4, 0.5) is 5.69 Å². The molecule has 0 aliphatic rings. The van der Waals surface area contributed by atoms with E-state index in [1.54, 1.807) is 24.3 Å². The molecule has 2 aromatic carbocycles. The molecule has 7 nitrogen and oxygen atoms in total. The number of amides is 1. The summed E-state index contributed by atoms with van der Waals surface area (Å²) < 4.78 is 11.2. The van der Waals surface area contributed by atoms with Crippen LogP contribution in [0.5, 0.6) is 5.75 Å². The lowest BCUT2D eigenvalue weighted by Crippen LogP contribution is -2.14. The Morgan fingerprint density at radius 1 is 1.13 bits per heavy atom. The van der Waals surface area contributed by atoms with E-state index < -0.39 is 0 Å². The van der Waals surface area contributed by atoms with Gasteiger partial charge in [0, 0.05) is 21.8 Å². The van der Waals surface area contributed by atoms with E-state index in [1.807, 2.05) is 35.7 Å². The number of thiazole rings is 1. The van der Waals surface area contributed by atoms with Crippen molar-refractivity contribution in [3.05, 3.63) is 81.6 Å². The zero-order valence-electron chi connectivity index (χ0n) is 16.2. The molecule has 4 rings (SSSR count). The van der Waals surface area contributed by atoms with E-state index in [-0.39, 0.29) is 18.9 Å². The second kappa shape index (κ2) is 10.4. The van der Waals surface area contributed by atoms with Crippen LogP contribution in [0.25, 0.3) is 0 Å². The molecule has 158 valence electrons. The van der Waals surface area contributed by atoms with Gasteiger partial charge >= 0.3 is 0 Å². The van der Waals surface area contributed by atoms with Crippen molar-refractivity contribution >= 4 is 46.3 Å². The largest absolute Gasteiger partial charge is 0.484 e. The first-order valence-corrected chi connectivity index (χ1v) is 11.5. The first-order chi connectivity index (χ1) is 15.1. The third-order valence-corrected chi connectivity index (χ3v) is 5.94. The van der Waals surface area contributed by atoms with Gasteiger partial charge in [0.15, 0.2) is 6.61 Å². The molecule has 2 aromatic heterocycles. The van der Waals surface area contributed by atoms with Crippen molar-refractivity contribution in [2.24, 2.45) is 0 Å². The molecule has 0 fully saturated rings. The number of nitrogens with zero attached hydrogens (tertiary/aromatic N) is 3. The number of carbonyl (C=O) groups excluding carboxylic acids is 1. The maximum absolute atomic E-state index is 12.2. The molecule has 0 saturated heterocycles. The number of benzene rings is 2. The van der Waals surface area contributed by atoms with Gasteiger partial charge in [-0.3, -0.25) is 4.79 Å². The number of anilines is 1. The normalized spacial score (nSPS) is 10.7. The number of ether oxygens (including phenoxy) is 1. The van der Waals surface area contributed by atoms with Crippen molar-refractivity contribution in [3.63, 3.8) is 0 Å². The minimum absolute atomic E-state index is 0.0954. The third kappa shape index (κ3) is 6.55. The van der Waals surface area contributed by atoms with E-state index in [4.69, 9.17) is 20.8 Å². The molecule has 1 amide bonds. The fraction of sp³-hybridized carbons (Fsp3) is 0.143. The van der Waals surface area contributed by atoms with Crippen LogP contribution in [-0.2, 0) is 23.6 Å². The van der Waals surface area contributed by atoms with Gasteiger partial charge < -0.3 is 14.5 Å². The Morgan fingerprint density at radius 3 is 2.74 bits per heavy atom. The zero-order chi connectivity index (χ0) is 21.5. The van der Waals surface area contributed by atoms with Gasteiger partial charge in [-0.05, 0) is 36.4 Å². The Labute approximate surface area is 191 Å². The maximum atomic E-state index is 12.2. The van der Waals surface area contributed by atoms with Crippen molar-refractivity contribution in [1.82, 2.24) is 15.2 Å². The lowest BCUT2D eigenvalue weighted by atomic mass is 10.3. The second-order valence-electron chi connectivity index (χ2n) is 6.32. The van der Waals surface area contributed by atoms with E-state index in [0.29, 0.717) is 27.6 Å². The maximum Gasteiger partial charge on any atom is 0.277 e. The molecule has 0 spiro atoms. The lowest BCUT2D eigenvalue weighted by molar-refractivity contribution is -0.115. The Bertz CT molecular complexity index is 1130. The summed E-state index contributed by atoms with van der Waals surface area (Å²) in [5.41, 5.74) is 1.63. The van der Waals surface area contributed by atoms with Crippen LogP contribution in [0.1, 0.15) is 16.6 Å². The highest BCUT2D eigenvalue weighted by molar-refractivity contribution is 7.98. The number of hydrogen-bond donors (Lipinski definition) is 1. The van der Waals surface area contributed by atoms with E-state index in [9.17, 15) is 4.79 Å². The summed E-state index contributed by atoms with van der Waals surface area (Å²) >= 11 is 8.69. The molecule has 0 bridgehead atoms. The second-order valence-corrected chi connectivity index (χ2v) is 8.62. The molecular weight excluding hydrogens is 456 g/mol. The van der Waals surface area contributed by atoms with Gasteiger partial charge in [0.1, 0.15) is 10.8 Å². The van der Waals surface area contributed by atoms with E-state index in [1.165, 1.54) is 23.1 Å². The number of carbonyl (C=O) groups is 1. The molecule has 0 radical (unpaired) electrons. The van der Waals surface area contributed by atoms with Crippen LogP contribution in [0, 0.1) is 0 Å². The molecule has 0 unspecified atom stereocenters. The monoisotopic (exact) mass is 472 g/mol. The quantitative estimate of drug-likeness (QED) is 0.333. The first-order valence-electron chi connectivity index (χ1n) is 9.26. The van der Waals surface area contributed by atoms with Crippen LogP contribution < -0.4 is 10.1 Å². The third-order valence-electron chi connectivity index (χ3n) is 3.94. The Morgan fingerprint density at radius 2 is 1.94 bits per heavy atom. The predicted octanol–water partition coefficient (Wildman–Crippen LogP) is 5.23. The molecule has 10 heteroatoms. The van der Waals surface area contributed by atoms with Crippen LogP contribution in [-0.4, -0.2) is 21.1 Å². The molecule has 0 aliphatic heterocycles. The van der Waals surface area contributed by atoms with Crippen LogP contribution in [0.15, 0.2) is 69.6 Å². The summed E-state index contributed by atoms with van der Waals surface area (Å²) in [6.07, 6.45) is 0.233. The number of para-hydroxylation sites is 1. The van der Waals surface area contributed by atoms with Gasteiger partial charge in [-0.15, -0.1) is 21.5 Å². The zero-order valence-corrected chi connectivity index (χ0v) is 18.5. The molecule has 1 N–H and O–H groups in total. The minimum atomic E-state index is -0.0954. The average molecular weight is 473 g/mol. The van der Waals surface area contributed by atoms with Gasteiger partial charge in [0.25, 0.3) is 11.1 Å². The van der Waals surface area contributed by atoms with Crippen molar-refractivity contribution in [1.29, 1.82) is 0 Å². The van der Waals surface area contributed by atoms with E-state index in [2.05, 4.69) is 20.5 Å². The molecule has 0 atom stereocenters. The van der Waals surface area contributed by atoms with Gasteiger partial charge in [-0.1, -0.05) is 41.6 Å². The Balaban J connectivity index is 1.23. The fourth-order valence-corrected chi connectivity index (χ4v) is 4.22. The van der Waals surface area contributed by atoms with Crippen molar-refractivity contribution < 1.29 is 13.9 Å². The SMILES string of the molecule is O=C(Cc1nc(CSc2nnc(COc3ccc(Cl)cc3)o2)cs1)Nc1ccccc1. The van der Waals surface area contributed by atoms with Gasteiger partial charge in [0.05, 0.1) is 12.1 Å². The number of nitrogens with one attached hydrogen (secondary N) is 1. The molecule has 0 aliphatic carbocycles. The molecule has 4 aromatic rings. The standard InChI is InChI=1S/C21H17ClN4O3S2/c22-14-6-8-17(9-7-14)28-11-19-25-26-21(29-19)31-13-16-12-30-20(24-16)10-18(27)23-15-4-2-1-3-5-15/h1-9,12H,10-11,13H2,(H,23,27). The van der Waals surface area contributed by atoms with Crippen molar-refractivity contribution in [2.75, 3.05) is 5.32 Å². The number of aromatic nitrogens is 3. The van der Waals surface area contributed by atoms with Gasteiger partial charge in [0.2, 0.25) is 5.91 Å². The number of rotatable bonds is 9. The Kier molecular flexibility index (Phi) is 7.18. The van der Waals surface area contributed by atoms with Gasteiger partial charge in [-0.2, -0.15) is 0 Å². The summed E-state index contributed by atoms with van der Waals surface area (Å²) in [6.45, 7) is 0.173. The van der Waals surface area contributed by atoms with Crippen LogP contribution in [0.2, 0.25) is 5.02 Å². The van der Waals surface area contributed by atoms with Crippen molar-refractivity contribution in [3.8, 4) is 5.75 Å². The molecule has 2 heterocycles. The molecule has 0 saturated carbocycles. The highest BCUT2D eigenvalue weighted by Crippen LogP contribution is 2.24. The summed E-state index contributed by atoms with van der Waals surface area (Å²) in [6, 6.07) is 16.4. The van der Waals surface area contributed by atoms with E-state index >= 15 is 0 Å². The minimum Gasteiger partial charge on any atom is -0.484 e. The topological polar surface area (TPSA) is 90.1 Å². The smallest absolute Gasteiger partial charge is 0.277 e. The number of halogens is 1. The van der Waals surface area contributed by atoms with Crippen LogP contribution in [0.3, 0.4) is 0 Å². The lowest BCUT2D eigenvalue weighted by Gasteiger charge is -2.02. The van der Waals surface area contributed by atoms with Gasteiger partial charge in [-0.25, -0.2) is 4.98 Å². The summed E-state index contributed by atoms with van der Waals surface area (Å²) in [4.78, 5) is 16.7. The van der Waals surface area contributed by atoms with Crippen LogP contribution >= 0.6 is 34.7 Å². The molecule has 31 heavy (non-hydrogen) atoms.